The Balaban J connectivity index is 2.56. The van der Waals surface area contributed by atoms with E-state index in [1.165, 1.54) is 6.42 Å². The van der Waals surface area contributed by atoms with Gasteiger partial charge in [0, 0.05) is 19.7 Å². The Morgan fingerprint density at radius 2 is 2.20 bits per heavy atom. The number of ether oxygens (including phenoxy) is 1. The maximum Gasteiger partial charge on any atom is 0.0774 e. The molecule has 0 aromatic heterocycles. The summed E-state index contributed by atoms with van der Waals surface area (Å²) in [4.78, 5) is 2.35. The van der Waals surface area contributed by atoms with Crippen LogP contribution in [0.2, 0.25) is 0 Å². The molecule has 1 N–H and O–H groups in total. The van der Waals surface area contributed by atoms with Gasteiger partial charge in [-0.15, -0.1) is 0 Å². The fraction of sp³-hybridized carbons (Fsp3) is 1.00. The van der Waals surface area contributed by atoms with Crippen molar-refractivity contribution in [2.24, 2.45) is 0 Å². The SMILES string of the molecule is CCN(CCOC)C1CCCCC1(C)O. The van der Waals surface area contributed by atoms with Crippen molar-refractivity contribution in [1.82, 2.24) is 4.90 Å². The van der Waals surface area contributed by atoms with Crippen molar-refractivity contribution >= 4 is 0 Å². The fourth-order valence-electron chi connectivity index (χ4n) is 2.62. The van der Waals surface area contributed by atoms with E-state index in [-0.39, 0.29) is 0 Å². The lowest BCUT2D eigenvalue weighted by Gasteiger charge is -2.43. The Morgan fingerprint density at radius 3 is 2.73 bits per heavy atom. The molecule has 0 amide bonds. The third kappa shape index (κ3) is 3.44. The molecule has 0 saturated heterocycles. The molecule has 1 saturated carbocycles. The second kappa shape index (κ2) is 5.83. The topological polar surface area (TPSA) is 32.7 Å². The number of nitrogens with zero attached hydrogens (tertiary/aromatic N) is 1. The molecule has 3 nitrogen and oxygen atoms in total. The second-order valence-corrected chi connectivity index (χ2v) is 4.74. The average molecular weight is 215 g/mol. The first-order valence-electron chi connectivity index (χ1n) is 6.07. The summed E-state index contributed by atoms with van der Waals surface area (Å²) < 4.78 is 5.11. The lowest BCUT2D eigenvalue weighted by Crippen LogP contribution is -2.53. The molecule has 0 aromatic rings. The molecule has 90 valence electrons. The lowest BCUT2D eigenvalue weighted by atomic mass is 9.81. The lowest BCUT2D eigenvalue weighted by molar-refractivity contribution is -0.0632. The number of rotatable bonds is 5. The molecule has 2 atom stereocenters. The molecule has 1 aliphatic carbocycles. The van der Waals surface area contributed by atoms with E-state index in [0.717, 1.165) is 39.0 Å². The van der Waals surface area contributed by atoms with Crippen LogP contribution < -0.4 is 0 Å². The van der Waals surface area contributed by atoms with Crippen molar-refractivity contribution in [3.8, 4) is 0 Å². The molecule has 2 unspecified atom stereocenters. The molecular weight excluding hydrogens is 190 g/mol. The Hall–Kier alpha value is -0.120. The van der Waals surface area contributed by atoms with Gasteiger partial charge in [-0.2, -0.15) is 0 Å². The molecule has 0 radical (unpaired) electrons. The van der Waals surface area contributed by atoms with Gasteiger partial charge in [-0.05, 0) is 26.3 Å². The molecule has 0 aromatic carbocycles. The fourth-order valence-corrected chi connectivity index (χ4v) is 2.62. The van der Waals surface area contributed by atoms with E-state index in [4.69, 9.17) is 4.74 Å². The first-order chi connectivity index (χ1) is 7.11. The van der Waals surface area contributed by atoms with Crippen molar-refractivity contribution in [3.63, 3.8) is 0 Å². The quantitative estimate of drug-likeness (QED) is 0.757. The first kappa shape index (κ1) is 12.9. The van der Waals surface area contributed by atoms with Gasteiger partial charge >= 0.3 is 0 Å². The summed E-state index contributed by atoms with van der Waals surface area (Å²) in [5.74, 6) is 0. The van der Waals surface area contributed by atoms with Crippen LogP contribution in [0.1, 0.15) is 39.5 Å². The minimum Gasteiger partial charge on any atom is -0.389 e. The van der Waals surface area contributed by atoms with Gasteiger partial charge in [-0.3, -0.25) is 4.90 Å². The Morgan fingerprint density at radius 1 is 1.47 bits per heavy atom. The number of hydrogen-bond donors (Lipinski definition) is 1. The van der Waals surface area contributed by atoms with E-state index in [1.807, 2.05) is 6.92 Å². The minimum atomic E-state index is -0.512. The van der Waals surface area contributed by atoms with Crippen LogP contribution in [0.15, 0.2) is 0 Å². The van der Waals surface area contributed by atoms with Crippen molar-refractivity contribution < 1.29 is 9.84 Å². The van der Waals surface area contributed by atoms with Gasteiger partial charge in [-0.25, -0.2) is 0 Å². The average Bonchev–Trinajstić information content (AvgIpc) is 2.20. The zero-order valence-electron chi connectivity index (χ0n) is 10.3. The van der Waals surface area contributed by atoms with Crippen molar-refractivity contribution in [3.05, 3.63) is 0 Å². The highest BCUT2D eigenvalue weighted by molar-refractivity contribution is 4.92. The summed E-state index contributed by atoms with van der Waals surface area (Å²) in [5, 5.41) is 10.4. The zero-order chi connectivity index (χ0) is 11.3. The molecule has 0 spiro atoms. The van der Waals surface area contributed by atoms with Crippen LogP contribution in [-0.4, -0.2) is 48.5 Å². The zero-order valence-corrected chi connectivity index (χ0v) is 10.3. The van der Waals surface area contributed by atoms with Crippen LogP contribution in [0.25, 0.3) is 0 Å². The van der Waals surface area contributed by atoms with E-state index < -0.39 is 5.60 Å². The van der Waals surface area contributed by atoms with Crippen molar-refractivity contribution in [2.75, 3.05) is 26.8 Å². The van der Waals surface area contributed by atoms with Gasteiger partial charge < -0.3 is 9.84 Å². The summed E-state index contributed by atoms with van der Waals surface area (Å²) in [7, 11) is 1.73. The second-order valence-electron chi connectivity index (χ2n) is 4.74. The first-order valence-corrected chi connectivity index (χ1v) is 6.07. The normalized spacial score (nSPS) is 32.2. The van der Waals surface area contributed by atoms with Crippen LogP contribution in [0.5, 0.6) is 0 Å². The number of aliphatic hydroxyl groups is 1. The van der Waals surface area contributed by atoms with Gasteiger partial charge in [0.05, 0.1) is 12.2 Å². The molecule has 0 aliphatic heterocycles. The van der Waals surface area contributed by atoms with Crippen LogP contribution in [0.4, 0.5) is 0 Å². The number of methoxy groups -OCH3 is 1. The van der Waals surface area contributed by atoms with E-state index >= 15 is 0 Å². The van der Waals surface area contributed by atoms with Gasteiger partial charge in [0.25, 0.3) is 0 Å². The standard InChI is InChI=1S/C12H25NO2/c1-4-13(9-10-15-3)11-7-5-6-8-12(11,2)14/h11,14H,4-10H2,1-3H3. The highest BCUT2D eigenvalue weighted by Gasteiger charge is 2.37. The van der Waals surface area contributed by atoms with Gasteiger partial charge in [0.15, 0.2) is 0 Å². The van der Waals surface area contributed by atoms with E-state index in [0.29, 0.717) is 6.04 Å². The Bertz CT molecular complexity index is 182. The smallest absolute Gasteiger partial charge is 0.0774 e. The monoisotopic (exact) mass is 215 g/mol. The predicted octanol–water partition coefficient (Wildman–Crippen LogP) is 1.65. The maximum absolute atomic E-state index is 10.4. The third-order valence-electron chi connectivity index (χ3n) is 3.56. The van der Waals surface area contributed by atoms with Crippen molar-refractivity contribution in [2.45, 2.75) is 51.2 Å². The molecule has 15 heavy (non-hydrogen) atoms. The van der Waals surface area contributed by atoms with Crippen LogP contribution in [-0.2, 0) is 4.74 Å². The largest absolute Gasteiger partial charge is 0.389 e. The van der Waals surface area contributed by atoms with Gasteiger partial charge in [0.2, 0.25) is 0 Å². The molecule has 0 heterocycles. The highest BCUT2D eigenvalue weighted by Crippen LogP contribution is 2.31. The van der Waals surface area contributed by atoms with Gasteiger partial charge in [0.1, 0.15) is 0 Å². The summed E-state index contributed by atoms with van der Waals surface area (Å²) in [6.07, 6.45) is 4.45. The molecular formula is C12H25NO2. The summed E-state index contributed by atoms with van der Waals surface area (Å²) in [6.45, 7) is 6.80. The summed E-state index contributed by atoms with van der Waals surface area (Å²) in [6, 6.07) is 0.311. The van der Waals surface area contributed by atoms with E-state index in [1.54, 1.807) is 7.11 Å². The summed E-state index contributed by atoms with van der Waals surface area (Å²) >= 11 is 0. The molecule has 1 rings (SSSR count). The van der Waals surface area contributed by atoms with Gasteiger partial charge in [-0.1, -0.05) is 19.8 Å². The highest BCUT2D eigenvalue weighted by atomic mass is 16.5. The van der Waals surface area contributed by atoms with Crippen LogP contribution in [0.3, 0.4) is 0 Å². The van der Waals surface area contributed by atoms with E-state index in [9.17, 15) is 5.11 Å². The van der Waals surface area contributed by atoms with Crippen molar-refractivity contribution in [1.29, 1.82) is 0 Å². The molecule has 0 bridgehead atoms. The summed E-state index contributed by atoms with van der Waals surface area (Å²) in [5.41, 5.74) is -0.512. The molecule has 3 heteroatoms. The number of likely N-dealkylation sites (N-methyl/N-ethyl adjacent to an activating group) is 1. The number of hydrogen-bond acceptors (Lipinski definition) is 3. The Labute approximate surface area is 93.4 Å². The minimum absolute atomic E-state index is 0.311. The van der Waals surface area contributed by atoms with Crippen LogP contribution in [0, 0.1) is 0 Å². The molecule has 1 fully saturated rings. The van der Waals surface area contributed by atoms with E-state index in [2.05, 4.69) is 11.8 Å². The maximum atomic E-state index is 10.4. The molecule has 1 aliphatic rings. The predicted molar refractivity (Wildman–Crippen MR) is 62.0 cm³/mol. The third-order valence-corrected chi connectivity index (χ3v) is 3.56. The van der Waals surface area contributed by atoms with Crippen LogP contribution >= 0.6 is 0 Å². The Kier molecular flexibility index (Phi) is 5.03.